The third kappa shape index (κ3) is 159. The number of pyridine rings is 7. The Bertz CT molecular complexity index is 3430. The van der Waals surface area contributed by atoms with Gasteiger partial charge in [0.25, 0.3) is 0 Å². The minimum absolute atomic E-state index is 0.547. The minimum atomic E-state index is 0.547. The Hall–Kier alpha value is -10.3. The quantitative estimate of drug-likeness (QED) is 0.155. The first-order valence-corrected chi connectivity index (χ1v) is 52.9. The SMILES string of the molecule is C1=CCC=C1.CC.CC.CC.CC.CC.CC.CC.CC.CC(C)C.CC(C)C.CC(C)C.CC(C)C.CC(C)C.CC(C)C.CC(C)C.CC(C)c1ccccn1.CC(C)c1cccnc1.CC(C)c1cccnc1.CC(C)c1cccnc1.CC(C)c1cccnc1.CC(C)c1ccncc1.Cn1cccn1.Cn1cccn1.c1ccn2ccnc2c1.c1ccoc1.c1ccsc1.c1cnoc1. The van der Waals surface area contributed by atoms with Crippen molar-refractivity contribution in [2.75, 3.05) is 0 Å². The van der Waals surface area contributed by atoms with Crippen molar-refractivity contribution in [3.05, 3.63) is 345 Å². The van der Waals surface area contributed by atoms with Gasteiger partial charge < -0.3 is 13.3 Å². The van der Waals surface area contributed by atoms with Gasteiger partial charge in [-0.05, 0) is 213 Å². The molecule has 0 atom stereocenters. The predicted molar refractivity (Wildman–Crippen MR) is 628 cm³/mol. The van der Waals surface area contributed by atoms with Crippen molar-refractivity contribution in [1.82, 2.24) is 64.0 Å². The van der Waals surface area contributed by atoms with E-state index in [9.17, 15) is 0 Å². The Morgan fingerprint density at radius 2 is 0.583 bits per heavy atom. The zero-order chi connectivity index (χ0) is 110. The van der Waals surface area contributed by atoms with Gasteiger partial charge in [0.2, 0.25) is 0 Å². The fraction of sp³-hybridized carbons (Fsp3) is 0.528. The maximum atomic E-state index is 4.58. The van der Waals surface area contributed by atoms with Crippen molar-refractivity contribution in [2.24, 2.45) is 55.5 Å². The van der Waals surface area contributed by atoms with Gasteiger partial charge in [-0.15, -0.1) is 0 Å². The van der Waals surface area contributed by atoms with Gasteiger partial charge in [0, 0.05) is 131 Å². The van der Waals surface area contributed by atoms with Gasteiger partial charge in [0.1, 0.15) is 11.9 Å². The van der Waals surface area contributed by atoms with E-state index >= 15 is 0 Å². The number of allylic oxidation sites excluding steroid dienone is 4. The van der Waals surface area contributed by atoms with Crippen LogP contribution in [0.4, 0.5) is 0 Å². The lowest BCUT2D eigenvalue weighted by Gasteiger charge is -2.01. The summed E-state index contributed by atoms with van der Waals surface area (Å²) in [4.78, 5) is 28.2. The molecule has 1 aliphatic rings. The molecule has 0 amide bonds. The number of imidazole rings is 1. The summed E-state index contributed by atoms with van der Waals surface area (Å²) >= 11 is 1.71. The summed E-state index contributed by atoms with van der Waals surface area (Å²) < 4.78 is 14.4. The van der Waals surface area contributed by atoms with Crippen LogP contribution < -0.4 is 0 Å². The second-order valence-corrected chi connectivity index (χ2v) is 35.2. The lowest BCUT2D eigenvalue weighted by Crippen LogP contribution is -1.88. The van der Waals surface area contributed by atoms with Crippen LogP contribution in [0.25, 0.3) is 5.65 Å². The Kier molecular flexibility index (Phi) is 154. The molecule has 0 bridgehead atoms. The van der Waals surface area contributed by atoms with Gasteiger partial charge in [-0.25, -0.2) is 4.98 Å². The summed E-state index contributed by atoms with van der Waals surface area (Å²) in [6.45, 7) is 103. The molecule has 0 saturated carbocycles. The summed E-state index contributed by atoms with van der Waals surface area (Å²) in [5, 5.41) is 15.1. The van der Waals surface area contributed by atoms with E-state index in [4.69, 9.17) is 0 Å². The topological polar surface area (TPSA) is 169 Å². The number of rotatable bonds is 6. The first-order valence-electron chi connectivity index (χ1n) is 52.0. The van der Waals surface area contributed by atoms with Crippen molar-refractivity contribution in [2.45, 2.75) is 381 Å². The number of fused-ring (bicyclic) bond motifs is 1. The molecule has 13 aromatic heterocycles. The van der Waals surface area contributed by atoms with Gasteiger partial charge in [-0.1, -0.05) is 417 Å². The maximum Gasteiger partial charge on any atom is 0.136 e. The molecule has 794 valence electrons. The van der Waals surface area contributed by atoms with E-state index in [-0.39, 0.29) is 0 Å². The van der Waals surface area contributed by atoms with E-state index in [1.54, 1.807) is 88.9 Å². The van der Waals surface area contributed by atoms with Gasteiger partial charge in [-0.2, -0.15) is 21.5 Å². The van der Waals surface area contributed by atoms with E-state index in [1.165, 1.54) is 34.1 Å². The molecule has 13 aromatic rings. The Balaban J connectivity index is -0.0000000985. The second-order valence-electron chi connectivity index (χ2n) is 34.4. The normalized spacial score (nSPS) is 9.01. The Morgan fingerprint density at radius 1 is 0.259 bits per heavy atom. The number of hydrogen-bond acceptors (Lipinski definition) is 13. The lowest BCUT2D eigenvalue weighted by atomic mass is 10.1. The smallest absolute Gasteiger partial charge is 0.136 e. The third-order valence-corrected chi connectivity index (χ3v) is 13.1. The molecule has 0 aromatic carbocycles. The molecule has 139 heavy (non-hydrogen) atoms. The zero-order valence-electron chi connectivity index (χ0n) is 99.2. The third-order valence-electron chi connectivity index (χ3n) is 12.5. The van der Waals surface area contributed by atoms with Gasteiger partial charge in [0.05, 0.1) is 18.7 Å². The largest absolute Gasteiger partial charge is 0.473 e. The molecule has 14 rings (SSSR count). The maximum absolute atomic E-state index is 4.58. The number of nitrogens with zero attached hydrogens (tertiary/aromatic N) is 13. The average molecular weight is 1940 g/mol. The molecule has 0 aliphatic heterocycles. The highest BCUT2D eigenvalue weighted by atomic mass is 32.1. The molecule has 0 spiro atoms. The van der Waals surface area contributed by atoms with Crippen LogP contribution in [0.3, 0.4) is 0 Å². The fourth-order valence-corrected chi connectivity index (χ4v) is 7.37. The van der Waals surface area contributed by atoms with Crippen molar-refractivity contribution >= 4 is 17.0 Å². The number of thiophene rings is 1. The highest BCUT2D eigenvalue weighted by Crippen LogP contribution is 2.15. The highest BCUT2D eigenvalue weighted by Gasteiger charge is 1.99. The van der Waals surface area contributed by atoms with Gasteiger partial charge in [-0.3, -0.25) is 39.3 Å². The summed E-state index contributed by atoms with van der Waals surface area (Å²) in [5.74, 6) is 9.38. The van der Waals surface area contributed by atoms with Crippen LogP contribution in [0, 0.1) is 41.4 Å². The van der Waals surface area contributed by atoms with Crippen molar-refractivity contribution in [1.29, 1.82) is 0 Å². The molecule has 1 aliphatic carbocycles. The average Bonchev–Trinajstić information content (AvgIpc) is 1.74. The molecule has 0 fully saturated rings. The lowest BCUT2D eigenvalue weighted by molar-refractivity contribution is 0.420. The zero-order valence-corrected chi connectivity index (χ0v) is 100. The van der Waals surface area contributed by atoms with Crippen LogP contribution in [-0.2, 0) is 14.1 Å². The van der Waals surface area contributed by atoms with E-state index in [1.807, 2.05) is 317 Å². The predicted octanol–water partition coefficient (Wildman–Crippen LogP) is 40.5. The van der Waals surface area contributed by atoms with Gasteiger partial charge in [0.15, 0.2) is 0 Å². The molecule has 15 nitrogen and oxygen atoms in total. The number of aryl methyl sites for hydroxylation is 2. The van der Waals surface area contributed by atoms with E-state index in [0.717, 1.165) is 59.2 Å². The van der Waals surface area contributed by atoms with Crippen LogP contribution in [0.15, 0.2) is 320 Å². The van der Waals surface area contributed by atoms with E-state index < -0.39 is 0 Å². The number of furan rings is 1. The van der Waals surface area contributed by atoms with E-state index in [2.05, 4.69) is 336 Å². The summed E-state index contributed by atoms with van der Waals surface area (Å²) in [7, 11) is 3.78. The Morgan fingerprint density at radius 3 is 0.741 bits per heavy atom. The van der Waals surface area contributed by atoms with Crippen LogP contribution in [0.2, 0.25) is 0 Å². The first kappa shape index (κ1) is 160. The summed E-state index contributed by atoms with van der Waals surface area (Å²) in [6, 6.07) is 45.5. The number of aromatic nitrogens is 13. The molecule has 0 N–H and O–H groups in total. The fourth-order valence-electron chi connectivity index (χ4n) is 6.91. The minimum Gasteiger partial charge on any atom is -0.473 e. The van der Waals surface area contributed by atoms with Crippen LogP contribution in [-0.4, -0.2) is 64.0 Å². The van der Waals surface area contributed by atoms with Crippen LogP contribution >= 0.6 is 11.3 Å². The standard InChI is InChI=1S/6C8H11N.C7H6N2.C5H6.2C4H6N2.C4H4O.C4H4S.7C4H10.C3H3NO.8C2H6/c1-7(2)8-3-5-9-6-4-8;4*1-7(2)8-4-3-5-9-6-8;1-7(2)8-5-3-4-6-9-8;1-2-5-9-6-4-8-7(9)3-1;1-2-4-5-3-1;2*1-6-4-2-3-5-6;2*1-2-4-5-3-1;7*1-4(2)3;1-2-4-5-3-1;8*1-2/h6*3-7H,1-2H3;1-6H;1-4H,5H2;2*2-4H,1H3;2*1-4H;7*4H,1-3H3;1-3H;8*1-2H3. The monoisotopic (exact) mass is 1940 g/mol. The van der Waals surface area contributed by atoms with Crippen LogP contribution in [0.1, 0.15) is 415 Å². The molecule has 0 radical (unpaired) electrons. The first-order chi connectivity index (χ1) is 66.2. The molecule has 0 saturated heterocycles. The molecule has 0 unspecified atom stereocenters. The van der Waals surface area contributed by atoms with Crippen molar-refractivity contribution < 1.29 is 8.94 Å². The molecule has 13 heterocycles. The summed E-state index contributed by atoms with van der Waals surface area (Å²) in [5.41, 5.74) is 8.73. The van der Waals surface area contributed by atoms with Crippen LogP contribution in [0.5, 0.6) is 0 Å². The van der Waals surface area contributed by atoms with E-state index in [0.29, 0.717) is 35.5 Å². The molecular formula is C123H219N13O2S. The second kappa shape index (κ2) is 134. The number of hydrogen-bond donors (Lipinski definition) is 0. The molecular weight excluding hydrogens is 1720 g/mol. The van der Waals surface area contributed by atoms with Crippen molar-refractivity contribution in [3.63, 3.8) is 0 Å². The summed E-state index contributed by atoms with van der Waals surface area (Å²) in [6.07, 6.45) is 49.1. The molecule has 16 heteroatoms. The Labute approximate surface area is 865 Å². The van der Waals surface area contributed by atoms with Gasteiger partial charge >= 0.3 is 0 Å². The van der Waals surface area contributed by atoms with Crippen molar-refractivity contribution in [3.8, 4) is 0 Å². The highest BCUT2D eigenvalue weighted by molar-refractivity contribution is 7.07.